The first-order chi connectivity index (χ1) is 9.75. The summed E-state index contributed by atoms with van der Waals surface area (Å²) in [5.74, 6) is 0.450. The Labute approximate surface area is 120 Å². The van der Waals surface area contributed by atoms with E-state index in [2.05, 4.69) is 35.2 Å². The number of rotatable bonds is 3. The van der Waals surface area contributed by atoms with E-state index in [1.54, 1.807) is 0 Å². The summed E-state index contributed by atoms with van der Waals surface area (Å²) in [6.45, 7) is 3.89. The number of benzene rings is 2. The third kappa shape index (κ3) is 2.56. The molecule has 0 bridgehead atoms. The van der Waals surface area contributed by atoms with Gasteiger partial charge >= 0.3 is 0 Å². The van der Waals surface area contributed by atoms with Gasteiger partial charge in [-0.25, -0.2) is 0 Å². The Morgan fingerprint density at radius 2 is 1.90 bits per heavy atom. The fraction of sp³-hybridized carbons (Fsp3) is 0.333. The summed E-state index contributed by atoms with van der Waals surface area (Å²) in [6, 6.07) is 17.2. The smallest absolute Gasteiger partial charge is 0.122 e. The highest BCUT2D eigenvalue weighted by molar-refractivity contribution is 5.39. The molecule has 2 heteroatoms. The van der Waals surface area contributed by atoms with Crippen molar-refractivity contribution in [2.75, 3.05) is 6.54 Å². The van der Waals surface area contributed by atoms with Crippen LogP contribution in [0.1, 0.15) is 35.6 Å². The lowest BCUT2D eigenvalue weighted by Crippen LogP contribution is -2.22. The van der Waals surface area contributed by atoms with E-state index in [1.165, 1.54) is 18.4 Å². The molecule has 0 saturated carbocycles. The van der Waals surface area contributed by atoms with Crippen LogP contribution in [0.3, 0.4) is 0 Å². The van der Waals surface area contributed by atoms with Crippen LogP contribution >= 0.6 is 0 Å². The molecule has 1 heterocycles. The van der Waals surface area contributed by atoms with Gasteiger partial charge in [0.15, 0.2) is 0 Å². The molecule has 1 N–H and O–H groups in total. The lowest BCUT2D eigenvalue weighted by molar-refractivity contribution is 0.245. The number of phenols is 1. The Bertz CT molecular complexity index is 579. The van der Waals surface area contributed by atoms with Crippen LogP contribution < -0.4 is 0 Å². The lowest BCUT2D eigenvalue weighted by Gasteiger charge is -2.25. The van der Waals surface area contributed by atoms with Gasteiger partial charge in [-0.1, -0.05) is 48.5 Å². The summed E-state index contributed by atoms with van der Waals surface area (Å²) < 4.78 is 0. The van der Waals surface area contributed by atoms with Crippen LogP contribution in [0.5, 0.6) is 5.75 Å². The van der Waals surface area contributed by atoms with E-state index >= 15 is 0 Å². The highest BCUT2D eigenvalue weighted by Crippen LogP contribution is 2.34. The van der Waals surface area contributed by atoms with Crippen LogP contribution in [-0.2, 0) is 6.54 Å². The monoisotopic (exact) mass is 267 g/mol. The number of para-hydroxylation sites is 1. The Hall–Kier alpha value is -1.80. The predicted octanol–water partition coefficient (Wildman–Crippen LogP) is 4.04. The van der Waals surface area contributed by atoms with Crippen molar-refractivity contribution < 1.29 is 5.11 Å². The normalized spacial score (nSPS) is 19.4. The Morgan fingerprint density at radius 1 is 1.10 bits per heavy atom. The second-order valence-corrected chi connectivity index (χ2v) is 5.62. The van der Waals surface area contributed by atoms with Gasteiger partial charge in [0.1, 0.15) is 5.75 Å². The van der Waals surface area contributed by atoms with Crippen molar-refractivity contribution in [2.45, 2.75) is 32.4 Å². The SMILES string of the molecule is Cc1cccc(CN2CCCC2c2ccccc2)c1O. The van der Waals surface area contributed by atoms with Crippen LogP contribution in [0, 0.1) is 6.92 Å². The largest absolute Gasteiger partial charge is 0.507 e. The molecule has 1 unspecified atom stereocenters. The van der Waals surface area contributed by atoms with E-state index in [1.807, 2.05) is 25.1 Å². The van der Waals surface area contributed by atoms with Crippen LogP contribution in [-0.4, -0.2) is 16.6 Å². The van der Waals surface area contributed by atoms with E-state index in [0.29, 0.717) is 11.8 Å². The number of aromatic hydroxyl groups is 1. The third-order valence-corrected chi connectivity index (χ3v) is 4.24. The van der Waals surface area contributed by atoms with Crippen LogP contribution in [0.2, 0.25) is 0 Å². The Kier molecular flexibility index (Phi) is 3.75. The fourth-order valence-corrected chi connectivity index (χ4v) is 3.13. The first-order valence-corrected chi connectivity index (χ1v) is 7.32. The number of likely N-dealkylation sites (tertiary alicyclic amines) is 1. The topological polar surface area (TPSA) is 23.5 Å². The number of hydrogen-bond donors (Lipinski definition) is 1. The van der Waals surface area contributed by atoms with Crippen molar-refractivity contribution in [2.24, 2.45) is 0 Å². The average Bonchev–Trinajstić information content (AvgIpc) is 2.93. The van der Waals surface area contributed by atoms with Crippen molar-refractivity contribution in [3.63, 3.8) is 0 Å². The maximum absolute atomic E-state index is 10.2. The molecule has 0 aromatic heterocycles. The number of phenolic OH excluding ortho intramolecular Hbond substituents is 1. The van der Waals surface area contributed by atoms with Gasteiger partial charge in [0, 0.05) is 18.2 Å². The minimum absolute atomic E-state index is 0.450. The molecule has 2 aromatic rings. The van der Waals surface area contributed by atoms with Crippen molar-refractivity contribution in [3.8, 4) is 5.75 Å². The molecule has 3 rings (SSSR count). The molecule has 2 nitrogen and oxygen atoms in total. The third-order valence-electron chi connectivity index (χ3n) is 4.24. The number of aryl methyl sites for hydroxylation is 1. The number of nitrogens with zero attached hydrogens (tertiary/aromatic N) is 1. The van der Waals surface area contributed by atoms with Gasteiger partial charge in [-0.3, -0.25) is 4.90 Å². The quantitative estimate of drug-likeness (QED) is 0.907. The van der Waals surface area contributed by atoms with E-state index in [-0.39, 0.29) is 0 Å². The molecule has 0 radical (unpaired) electrons. The highest BCUT2D eigenvalue weighted by atomic mass is 16.3. The zero-order valence-corrected chi connectivity index (χ0v) is 11.9. The molecule has 2 aromatic carbocycles. The van der Waals surface area contributed by atoms with Crippen LogP contribution in [0.25, 0.3) is 0 Å². The van der Waals surface area contributed by atoms with Gasteiger partial charge in [-0.05, 0) is 37.4 Å². The molecule has 1 atom stereocenters. The summed E-state index contributed by atoms with van der Waals surface area (Å²) in [4.78, 5) is 2.48. The van der Waals surface area contributed by atoms with E-state index in [9.17, 15) is 5.11 Å². The maximum atomic E-state index is 10.2. The van der Waals surface area contributed by atoms with E-state index in [4.69, 9.17) is 0 Å². The van der Waals surface area contributed by atoms with Crippen molar-refractivity contribution in [1.29, 1.82) is 0 Å². The van der Waals surface area contributed by atoms with Gasteiger partial charge in [0.25, 0.3) is 0 Å². The second-order valence-electron chi connectivity index (χ2n) is 5.62. The van der Waals surface area contributed by atoms with Gasteiger partial charge in [-0.2, -0.15) is 0 Å². The first kappa shape index (κ1) is 13.2. The molecule has 1 aliphatic heterocycles. The molecule has 1 saturated heterocycles. The fourth-order valence-electron chi connectivity index (χ4n) is 3.13. The van der Waals surface area contributed by atoms with Crippen molar-refractivity contribution in [3.05, 3.63) is 65.2 Å². The van der Waals surface area contributed by atoms with Gasteiger partial charge < -0.3 is 5.11 Å². The molecule has 104 valence electrons. The molecule has 0 aliphatic carbocycles. The minimum Gasteiger partial charge on any atom is -0.507 e. The second kappa shape index (κ2) is 5.68. The van der Waals surface area contributed by atoms with Gasteiger partial charge in [0.2, 0.25) is 0 Å². The zero-order valence-electron chi connectivity index (χ0n) is 11.9. The zero-order chi connectivity index (χ0) is 13.9. The summed E-state index contributed by atoms with van der Waals surface area (Å²) >= 11 is 0. The van der Waals surface area contributed by atoms with E-state index in [0.717, 1.165) is 24.2 Å². The molecule has 0 spiro atoms. The van der Waals surface area contributed by atoms with Crippen LogP contribution in [0.4, 0.5) is 0 Å². The lowest BCUT2D eigenvalue weighted by atomic mass is 10.0. The molecule has 0 amide bonds. The molecular weight excluding hydrogens is 246 g/mol. The predicted molar refractivity (Wildman–Crippen MR) is 81.7 cm³/mol. The number of hydrogen-bond acceptors (Lipinski definition) is 2. The average molecular weight is 267 g/mol. The molecular formula is C18H21NO. The summed E-state index contributed by atoms with van der Waals surface area (Å²) in [7, 11) is 0. The van der Waals surface area contributed by atoms with Gasteiger partial charge in [0.05, 0.1) is 0 Å². The summed E-state index contributed by atoms with van der Waals surface area (Å²) in [5.41, 5.74) is 3.38. The van der Waals surface area contributed by atoms with Crippen molar-refractivity contribution >= 4 is 0 Å². The summed E-state index contributed by atoms with van der Waals surface area (Å²) in [6.07, 6.45) is 2.43. The molecule has 1 aliphatic rings. The first-order valence-electron chi connectivity index (χ1n) is 7.32. The summed E-state index contributed by atoms with van der Waals surface area (Å²) in [5, 5.41) is 10.2. The van der Waals surface area contributed by atoms with Gasteiger partial charge in [-0.15, -0.1) is 0 Å². The van der Waals surface area contributed by atoms with Crippen LogP contribution in [0.15, 0.2) is 48.5 Å². The minimum atomic E-state index is 0.450. The van der Waals surface area contributed by atoms with E-state index < -0.39 is 0 Å². The van der Waals surface area contributed by atoms with Crippen molar-refractivity contribution in [1.82, 2.24) is 4.90 Å². The molecule has 1 fully saturated rings. The Morgan fingerprint density at radius 3 is 2.70 bits per heavy atom. The standard InChI is InChI=1S/C18H21NO/c1-14-7-5-10-16(18(14)20)13-19-12-6-11-17(19)15-8-3-2-4-9-15/h2-5,7-10,17,20H,6,11-13H2,1H3. The Balaban J connectivity index is 1.81. The highest BCUT2D eigenvalue weighted by Gasteiger charge is 2.26. The maximum Gasteiger partial charge on any atom is 0.122 e. The molecule has 20 heavy (non-hydrogen) atoms.